The number of aryl methyl sites for hydroxylation is 1. The van der Waals surface area contributed by atoms with Gasteiger partial charge in [-0.15, -0.1) is 10.2 Å². The van der Waals surface area contributed by atoms with Gasteiger partial charge in [0.25, 0.3) is 5.69 Å². The van der Waals surface area contributed by atoms with Gasteiger partial charge < -0.3 is 9.64 Å². The van der Waals surface area contributed by atoms with E-state index >= 15 is 0 Å². The first-order valence-corrected chi connectivity index (χ1v) is 13.2. The number of fused-ring (bicyclic) bond motifs is 1. The zero-order valence-corrected chi connectivity index (χ0v) is 22.5. The smallest absolute Gasteiger partial charge is 0.359 e. The van der Waals surface area contributed by atoms with Crippen LogP contribution in [-0.4, -0.2) is 63.8 Å². The lowest BCUT2D eigenvalue weighted by molar-refractivity contribution is -0.384. The topological polar surface area (TPSA) is 175 Å². The fourth-order valence-electron chi connectivity index (χ4n) is 4.07. The molecule has 4 rings (SSSR count). The molecule has 39 heavy (non-hydrogen) atoms. The molecular weight excluding hydrogens is 528 g/mol. The van der Waals surface area contributed by atoms with E-state index in [1.807, 2.05) is 32.9 Å². The molecule has 0 bridgehead atoms. The Bertz CT molecular complexity index is 1690. The van der Waals surface area contributed by atoms with E-state index in [0.717, 1.165) is 31.0 Å². The Hall–Kier alpha value is -4.66. The van der Waals surface area contributed by atoms with Crippen LogP contribution in [0.2, 0.25) is 0 Å². The van der Waals surface area contributed by atoms with Crippen LogP contribution in [0.15, 0.2) is 30.3 Å². The maximum Gasteiger partial charge on any atom is 0.359 e. The predicted octanol–water partition coefficient (Wildman–Crippen LogP) is 1.91. The van der Waals surface area contributed by atoms with Gasteiger partial charge in [-0.25, -0.2) is 18.2 Å². The van der Waals surface area contributed by atoms with Crippen molar-refractivity contribution in [3.8, 4) is 11.4 Å². The summed E-state index contributed by atoms with van der Waals surface area (Å²) in [5.74, 6) is 0.105. The van der Waals surface area contributed by atoms with Gasteiger partial charge in [0.2, 0.25) is 10.9 Å². The zero-order valence-electron chi connectivity index (χ0n) is 21.6. The molecule has 1 N–H and O–H groups in total. The number of hydrogen-bond donors (Lipinski definition) is 2. The highest BCUT2D eigenvalue weighted by molar-refractivity contribution is 7.73. The number of benzene rings is 1. The molecule has 15 heteroatoms. The summed E-state index contributed by atoms with van der Waals surface area (Å²) in [5, 5.41) is 24.4. The van der Waals surface area contributed by atoms with Crippen molar-refractivity contribution in [1.82, 2.24) is 24.8 Å². The second-order valence-corrected chi connectivity index (χ2v) is 9.00. The predicted molar refractivity (Wildman–Crippen MR) is 144 cm³/mol. The number of rotatable bonds is 10. The Morgan fingerprint density at radius 2 is 1.92 bits per heavy atom. The number of esters is 1. The molecule has 0 atom stereocenters. The fourth-order valence-corrected chi connectivity index (χ4v) is 4.46. The van der Waals surface area contributed by atoms with Crippen molar-refractivity contribution >= 4 is 45.8 Å². The van der Waals surface area contributed by atoms with E-state index in [1.165, 1.54) is 10.6 Å². The van der Waals surface area contributed by atoms with Gasteiger partial charge in [0.15, 0.2) is 17.2 Å². The maximum atomic E-state index is 12.9. The first-order chi connectivity index (χ1) is 18.7. The summed E-state index contributed by atoms with van der Waals surface area (Å²) in [6.45, 7) is 9.28. The van der Waals surface area contributed by atoms with Crippen LogP contribution in [0.3, 0.4) is 0 Å². The highest BCUT2D eigenvalue weighted by Crippen LogP contribution is 2.30. The van der Waals surface area contributed by atoms with Crippen LogP contribution < -0.4 is 14.8 Å². The number of ether oxygens (including phenoxy) is 1. The van der Waals surface area contributed by atoms with Crippen LogP contribution in [0.5, 0.6) is 0 Å². The van der Waals surface area contributed by atoms with Crippen LogP contribution in [0, 0.1) is 17.0 Å². The number of carbonyl (C=O) groups excluding carboxylic acids is 1. The number of hydrogen-bond acceptors (Lipinski definition) is 11. The van der Waals surface area contributed by atoms with Crippen LogP contribution in [-0.2, 0) is 15.6 Å². The molecule has 0 aliphatic rings. The number of nitrogens with one attached hydrogen (secondary N) is 1. The summed E-state index contributed by atoms with van der Waals surface area (Å²) < 4.78 is 31.4. The molecule has 4 aromatic rings. The molecule has 0 saturated heterocycles. The molecule has 204 valence electrons. The second-order valence-electron chi connectivity index (χ2n) is 8.26. The minimum absolute atomic E-state index is 0.00928. The third-order valence-electron chi connectivity index (χ3n) is 5.97. The van der Waals surface area contributed by atoms with Crippen molar-refractivity contribution in [3.63, 3.8) is 0 Å². The average Bonchev–Trinajstić information content (AvgIpc) is 3.46. The van der Waals surface area contributed by atoms with Gasteiger partial charge in [0, 0.05) is 30.9 Å². The number of pyridine rings is 1. The third kappa shape index (κ3) is 5.47. The Morgan fingerprint density at radius 3 is 2.54 bits per heavy atom. The summed E-state index contributed by atoms with van der Waals surface area (Å²) in [7, 11) is -3.09. The largest absolute Gasteiger partial charge is 0.461 e. The first-order valence-electron chi connectivity index (χ1n) is 12.0. The lowest BCUT2D eigenvalue weighted by atomic mass is 10.1. The molecule has 0 spiro atoms. The van der Waals surface area contributed by atoms with E-state index in [0.29, 0.717) is 16.5 Å². The lowest BCUT2D eigenvalue weighted by Crippen LogP contribution is -2.23. The van der Waals surface area contributed by atoms with E-state index in [4.69, 9.17) is 9.72 Å². The summed E-state index contributed by atoms with van der Waals surface area (Å²) in [6.07, 6.45) is 1.70. The van der Waals surface area contributed by atoms with E-state index in [1.54, 1.807) is 13.0 Å². The van der Waals surface area contributed by atoms with Gasteiger partial charge in [-0.05, 0) is 57.5 Å². The molecule has 0 unspecified atom stereocenters. The molecule has 3 heterocycles. The number of nitro groups is 1. The molecule has 0 saturated carbocycles. The summed E-state index contributed by atoms with van der Waals surface area (Å²) in [4.78, 5) is 30.4. The molecule has 0 amide bonds. The molecule has 3 aromatic heterocycles. The Kier molecular flexibility index (Phi) is 7.99. The average molecular weight is 555 g/mol. The number of non-ortho nitro benzene ring substituents is 1. The first kappa shape index (κ1) is 27.4. The third-order valence-corrected chi connectivity index (χ3v) is 6.39. The van der Waals surface area contributed by atoms with Crippen molar-refractivity contribution in [2.24, 2.45) is 0 Å². The number of carbonyl (C=O) groups is 1. The number of nitro benzene ring substituents is 1. The summed E-state index contributed by atoms with van der Waals surface area (Å²) in [5.41, 5.74) is 1.32. The van der Waals surface area contributed by atoms with E-state index in [-0.39, 0.29) is 40.7 Å². The van der Waals surface area contributed by atoms with Crippen LogP contribution in [0.25, 0.3) is 23.1 Å². The zero-order chi connectivity index (χ0) is 28.3. The van der Waals surface area contributed by atoms with Crippen molar-refractivity contribution in [1.29, 1.82) is 0 Å². The van der Waals surface area contributed by atoms with Crippen molar-refractivity contribution < 1.29 is 22.9 Å². The monoisotopic (exact) mass is 554 g/mol. The fraction of sp³-hybridized carbons (Fsp3) is 0.292. The van der Waals surface area contributed by atoms with Gasteiger partial charge >= 0.3 is 5.97 Å². The molecule has 0 aliphatic heterocycles. The summed E-state index contributed by atoms with van der Waals surface area (Å²) in [6, 6.07) is 7.30. The van der Waals surface area contributed by atoms with Crippen LogP contribution in [0.4, 0.5) is 17.2 Å². The van der Waals surface area contributed by atoms with Crippen molar-refractivity contribution in [2.45, 2.75) is 27.7 Å². The van der Waals surface area contributed by atoms with Gasteiger partial charge in [-0.2, -0.15) is 9.61 Å². The molecule has 14 nitrogen and oxygen atoms in total. The Morgan fingerprint density at radius 1 is 1.18 bits per heavy atom. The Balaban J connectivity index is 1.96. The van der Waals surface area contributed by atoms with E-state index in [2.05, 4.69) is 24.9 Å². The van der Waals surface area contributed by atoms with E-state index < -0.39 is 21.8 Å². The minimum Gasteiger partial charge on any atom is -0.461 e. The summed E-state index contributed by atoms with van der Waals surface area (Å²) >= 11 is 0. The van der Waals surface area contributed by atoms with Gasteiger partial charge in [0.05, 0.1) is 28.0 Å². The van der Waals surface area contributed by atoms with Crippen molar-refractivity contribution in [2.75, 3.05) is 29.3 Å². The van der Waals surface area contributed by atoms with E-state index in [9.17, 15) is 23.3 Å². The second kappa shape index (κ2) is 11.4. The number of anilines is 2. The number of nitrogens with zero attached hydrogens (tertiary/aromatic N) is 7. The van der Waals surface area contributed by atoms with Gasteiger partial charge in [0.1, 0.15) is 5.82 Å². The molecule has 0 aliphatic carbocycles. The maximum absolute atomic E-state index is 12.9. The highest BCUT2D eigenvalue weighted by atomic mass is 32.2. The number of aromatic nitrogens is 5. The normalized spacial score (nSPS) is 11.8. The molecule has 1 aromatic carbocycles. The minimum atomic E-state index is -3.09. The van der Waals surface area contributed by atoms with Gasteiger partial charge in [-0.3, -0.25) is 14.8 Å². The quantitative estimate of drug-likeness (QED) is 0.127. The van der Waals surface area contributed by atoms with Crippen LogP contribution in [0.1, 0.15) is 42.5 Å². The molecular formula is C24H26N8O6S. The SMILES string of the molecule is CCOC(=O)c1nn2c(-c3cc([N+](=O)[O-])ccc3N[SH](=O)=O)nnc2/c1=C\c1ccc(N(CC)CC)nc1C. The van der Waals surface area contributed by atoms with Gasteiger partial charge in [-0.1, -0.05) is 0 Å². The van der Waals surface area contributed by atoms with Crippen LogP contribution >= 0.6 is 0 Å². The number of thiol groups is 1. The van der Waals surface area contributed by atoms with Crippen molar-refractivity contribution in [3.05, 3.63) is 62.6 Å². The lowest BCUT2D eigenvalue weighted by Gasteiger charge is -2.20. The molecule has 0 fully saturated rings. The standard InChI is InChI=1S/C24H26N8O6S/c1-5-30(6-2)20-11-8-15(14(4)25-20)12-18-21(24(33)38-7-3)28-31-22(26-27-23(18)31)17-13-16(32(34)35)9-10-19(17)29-39(36)37/h8-13,39H,5-7H2,1-4H3,(H,29,36,37)/b18-12-. The molecule has 0 radical (unpaired) electrons. The highest BCUT2D eigenvalue weighted by Gasteiger charge is 2.24. The Labute approximate surface area is 224 Å².